The molecule has 104 valence electrons. The molecule has 0 aliphatic carbocycles. The van der Waals surface area contributed by atoms with E-state index < -0.39 is 11.5 Å². The zero-order valence-electron chi connectivity index (χ0n) is 11.6. The fraction of sp³-hybridized carbons (Fsp3) is 0.188. The van der Waals surface area contributed by atoms with Gasteiger partial charge in [0.05, 0.1) is 17.0 Å². The number of aromatic nitrogens is 1. The van der Waals surface area contributed by atoms with E-state index in [1.807, 2.05) is 18.2 Å². The first-order valence-electron chi connectivity index (χ1n) is 6.44. The molecule has 0 atom stereocenters. The molecule has 2 heterocycles. The summed E-state index contributed by atoms with van der Waals surface area (Å²) in [5.74, 6) is -0.235. The van der Waals surface area contributed by atoms with E-state index in [1.54, 1.807) is 26.1 Å². The number of nitriles is 1. The Morgan fingerprint density at radius 3 is 2.76 bits per heavy atom. The fourth-order valence-corrected chi connectivity index (χ4v) is 2.23. The summed E-state index contributed by atoms with van der Waals surface area (Å²) in [6.07, 6.45) is 1.66. The van der Waals surface area contributed by atoms with Crippen LogP contribution in [0.4, 0.5) is 4.39 Å². The summed E-state index contributed by atoms with van der Waals surface area (Å²) >= 11 is 0. The smallest absolute Gasteiger partial charge is 0.195 e. The molecule has 0 saturated heterocycles. The third-order valence-electron chi connectivity index (χ3n) is 3.09. The van der Waals surface area contributed by atoms with Crippen LogP contribution < -0.4 is 4.74 Å². The largest absolute Gasteiger partial charge is 0.466 e. The van der Waals surface area contributed by atoms with Crippen LogP contribution in [-0.2, 0) is 0 Å². The van der Waals surface area contributed by atoms with Crippen molar-refractivity contribution in [1.82, 2.24) is 4.98 Å². The first-order chi connectivity index (χ1) is 10.00. The van der Waals surface area contributed by atoms with Gasteiger partial charge in [-0.1, -0.05) is 6.07 Å². The fourth-order valence-electron chi connectivity index (χ4n) is 2.23. The molecule has 0 radical (unpaired) electrons. The number of fused-ring (bicyclic) bond motifs is 1. The Bertz CT molecular complexity index is 776. The number of rotatable bonds is 1. The van der Waals surface area contributed by atoms with Gasteiger partial charge in [0.1, 0.15) is 17.6 Å². The second-order valence-electron chi connectivity index (χ2n) is 5.16. The zero-order valence-corrected chi connectivity index (χ0v) is 11.6. The van der Waals surface area contributed by atoms with Crippen LogP contribution in [0.5, 0.6) is 5.75 Å². The maximum absolute atomic E-state index is 13.8. The molecule has 5 heteroatoms. The van der Waals surface area contributed by atoms with Gasteiger partial charge in [0.2, 0.25) is 0 Å². The lowest BCUT2D eigenvalue weighted by molar-refractivity contribution is 0.115. The summed E-state index contributed by atoms with van der Waals surface area (Å²) in [6.45, 7) is 3.57. The van der Waals surface area contributed by atoms with E-state index in [4.69, 9.17) is 10.00 Å². The van der Waals surface area contributed by atoms with E-state index in [0.29, 0.717) is 22.7 Å². The third-order valence-corrected chi connectivity index (χ3v) is 3.09. The molecule has 0 saturated carbocycles. The Hall–Kier alpha value is -2.74. The van der Waals surface area contributed by atoms with Gasteiger partial charge in [-0.05, 0) is 32.0 Å². The molecule has 0 amide bonds. The number of aliphatic imine (C=N–C) groups is 1. The number of benzene rings is 1. The summed E-state index contributed by atoms with van der Waals surface area (Å²) in [4.78, 5) is 8.81. The zero-order chi connectivity index (χ0) is 15.0. The van der Waals surface area contributed by atoms with Gasteiger partial charge in [0.15, 0.2) is 5.72 Å². The average molecular weight is 281 g/mol. The number of nitrogens with zero attached hydrogens (tertiary/aromatic N) is 3. The number of hydrogen-bond acceptors (Lipinski definition) is 4. The average Bonchev–Trinajstić information content (AvgIpc) is 2.46. The standard InChI is InChI=1S/C16H12FN3O/c1-16(2)20-15(13-5-3-4-6-19-13)11-7-10(9-18)12(17)8-14(11)21-16/h3-8H,1-2H3. The van der Waals surface area contributed by atoms with Gasteiger partial charge in [-0.2, -0.15) is 5.26 Å². The van der Waals surface area contributed by atoms with Gasteiger partial charge >= 0.3 is 0 Å². The van der Waals surface area contributed by atoms with Crippen molar-refractivity contribution in [3.63, 3.8) is 0 Å². The molecular formula is C16H12FN3O. The molecule has 0 unspecified atom stereocenters. The lowest BCUT2D eigenvalue weighted by Gasteiger charge is -2.30. The van der Waals surface area contributed by atoms with Crippen molar-refractivity contribution >= 4 is 5.71 Å². The lowest BCUT2D eigenvalue weighted by atomic mass is 10.00. The van der Waals surface area contributed by atoms with Crippen LogP contribution in [0.2, 0.25) is 0 Å². The van der Waals surface area contributed by atoms with Gasteiger partial charge in [0.25, 0.3) is 0 Å². The summed E-state index contributed by atoms with van der Waals surface area (Å²) in [6, 6.07) is 9.99. The van der Waals surface area contributed by atoms with Crippen molar-refractivity contribution in [2.75, 3.05) is 0 Å². The van der Waals surface area contributed by atoms with E-state index in [-0.39, 0.29) is 5.56 Å². The molecule has 3 rings (SSSR count). The van der Waals surface area contributed by atoms with E-state index >= 15 is 0 Å². The SMILES string of the molecule is CC1(C)N=C(c2ccccn2)c2cc(C#N)c(F)cc2O1. The first kappa shape index (κ1) is 13.3. The molecule has 1 aromatic carbocycles. The molecule has 1 aliphatic heterocycles. The van der Waals surface area contributed by atoms with Crippen LogP contribution in [-0.4, -0.2) is 16.4 Å². The van der Waals surface area contributed by atoms with Crippen molar-refractivity contribution < 1.29 is 9.13 Å². The summed E-state index contributed by atoms with van der Waals surface area (Å²) in [5.41, 5.74) is 0.969. The Kier molecular flexibility index (Phi) is 2.95. The van der Waals surface area contributed by atoms with E-state index in [9.17, 15) is 4.39 Å². The Morgan fingerprint density at radius 1 is 1.29 bits per heavy atom. The van der Waals surface area contributed by atoms with E-state index in [2.05, 4.69) is 9.98 Å². The molecule has 1 aromatic heterocycles. The first-order valence-corrected chi connectivity index (χ1v) is 6.44. The Balaban J connectivity index is 2.25. The van der Waals surface area contributed by atoms with Crippen LogP contribution in [0.1, 0.15) is 30.7 Å². The maximum Gasteiger partial charge on any atom is 0.195 e. The van der Waals surface area contributed by atoms with E-state index in [1.165, 1.54) is 12.1 Å². The lowest BCUT2D eigenvalue weighted by Crippen LogP contribution is -2.33. The minimum atomic E-state index is -0.819. The number of pyridine rings is 1. The molecule has 0 bridgehead atoms. The summed E-state index contributed by atoms with van der Waals surface area (Å²) in [5, 5.41) is 8.99. The highest BCUT2D eigenvalue weighted by Crippen LogP contribution is 2.33. The second kappa shape index (κ2) is 4.67. The van der Waals surface area contributed by atoms with Gasteiger partial charge in [0, 0.05) is 17.8 Å². The normalized spacial score (nSPS) is 15.4. The minimum Gasteiger partial charge on any atom is -0.466 e. The van der Waals surface area contributed by atoms with Crippen molar-refractivity contribution in [2.45, 2.75) is 19.6 Å². The Labute approximate surface area is 121 Å². The third kappa shape index (κ3) is 2.36. The van der Waals surface area contributed by atoms with Crippen LogP contribution in [0.25, 0.3) is 0 Å². The molecule has 21 heavy (non-hydrogen) atoms. The quantitative estimate of drug-likeness (QED) is 0.807. The van der Waals surface area contributed by atoms with Gasteiger partial charge in [-0.15, -0.1) is 0 Å². The molecule has 0 spiro atoms. The van der Waals surface area contributed by atoms with Crippen LogP contribution in [0.15, 0.2) is 41.5 Å². The molecule has 0 N–H and O–H groups in total. The highest BCUT2D eigenvalue weighted by atomic mass is 19.1. The maximum atomic E-state index is 13.8. The molecule has 4 nitrogen and oxygen atoms in total. The van der Waals surface area contributed by atoms with Gasteiger partial charge < -0.3 is 4.74 Å². The Morgan fingerprint density at radius 2 is 2.10 bits per heavy atom. The molecule has 2 aromatic rings. The predicted molar refractivity (Wildman–Crippen MR) is 75.7 cm³/mol. The van der Waals surface area contributed by atoms with Crippen molar-refractivity contribution in [3.05, 3.63) is 59.2 Å². The second-order valence-corrected chi connectivity index (χ2v) is 5.16. The molecule has 0 fully saturated rings. The number of hydrogen-bond donors (Lipinski definition) is 0. The topological polar surface area (TPSA) is 58.3 Å². The highest BCUT2D eigenvalue weighted by molar-refractivity contribution is 6.14. The summed E-state index contributed by atoms with van der Waals surface area (Å²) in [7, 11) is 0. The minimum absolute atomic E-state index is 0.0410. The number of halogens is 1. The van der Waals surface area contributed by atoms with E-state index in [0.717, 1.165) is 0 Å². The molecular weight excluding hydrogens is 269 g/mol. The monoisotopic (exact) mass is 281 g/mol. The van der Waals surface area contributed by atoms with Crippen LogP contribution in [0.3, 0.4) is 0 Å². The molecule has 1 aliphatic rings. The van der Waals surface area contributed by atoms with Gasteiger partial charge in [-0.25, -0.2) is 9.38 Å². The highest BCUT2D eigenvalue weighted by Gasteiger charge is 2.30. The summed E-state index contributed by atoms with van der Waals surface area (Å²) < 4.78 is 19.5. The van der Waals surface area contributed by atoms with Crippen LogP contribution in [0, 0.1) is 17.1 Å². The van der Waals surface area contributed by atoms with Gasteiger partial charge in [-0.3, -0.25) is 4.98 Å². The van der Waals surface area contributed by atoms with Crippen LogP contribution >= 0.6 is 0 Å². The van der Waals surface area contributed by atoms with Crippen molar-refractivity contribution in [1.29, 1.82) is 5.26 Å². The predicted octanol–water partition coefficient (Wildman–Crippen LogP) is 3.06. The van der Waals surface area contributed by atoms with Crippen molar-refractivity contribution in [2.24, 2.45) is 4.99 Å². The number of ether oxygens (including phenoxy) is 1. The van der Waals surface area contributed by atoms with Crippen molar-refractivity contribution in [3.8, 4) is 11.8 Å².